The number of benzene rings is 2. The summed E-state index contributed by atoms with van der Waals surface area (Å²) in [5, 5.41) is 2.71. The van der Waals surface area contributed by atoms with Gasteiger partial charge in [-0.3, -0.25) is 9.59 Å². The van der Waals surface area contributed by atoms with Crippen molar-refractivity contribution in [2.45, 2.75) is 13.1 Å². The Bertz CT molecular complexity index is 840. The maximum absolute atomic E-state index is 12.6. The van der Waals surface area contributed by atoms with Crippen LogP contribution >= 0.6 is 0 Å². The molecule has 28 heavy (non-hydrogen) atoms. The summed E-state index contributed by atoms with van der Waals surface area (Å²) in [6.45, 7) is 3.64. The summed E-state index contributed by atoms with van der Waals surface area (Å²) >= 11 is 0. The molecule has 0 unspecified atom stereocenters. The second kappa shape index (κ2) is 7.92. The molecular formula is C20H20F3N3O2. The summed E-state index contributed by atoms with van der Waals surface area (Å²) in [5.41, 5.74) is 1.18. The molecule has 1 aliphatic rings. The van der Waals surface area contributed by atoms with Crippen molar-refractivity contribution in [3.05, 3.63) is 59.7 Å². The van der Waals surface area contributed by atoms with Gasteiger partial charge in [-0.05, 0) is 48.5 Å². The zero-order valence-electron chi connectivity index (χ0n) is 15.3. The highest BCUT2D eigenvalue weighted by atomic mass is 19.4. The third kappa shape index (κ3) is 4.62. The number of rotatable bonds is 3. The van der Waals surface area contributed by atoms with Crippen LogP contribution in [-0.2, 0) is 11.0 Å². The smallest absolute Gasteiger partial charge is 0.368 e. The minimum absolute atomic E-state index is 0.136. The standard InChI is InChI=1S/C20H20F3N3O2/c1-14(27)24-17-6-8-18(9-7-17)25-10-12-26(13-11-25)19(28)15-2-4-16(5-3-15)20(21,22)23/h2-9H,10-13H2,1H3,(H,24,27). The maximum Gasteiger partial charge on any atom is 0.416 e. The number of alkyl halides is 3. The molecule has 0 spiro atoms. The fourth-order valence-electron chi connectivity index (χ4n) is 3.11. The first-order chi connectivity index (χ1) is 13.2. The monoisotopic (exact) mass is 391 g/mol. The number of nitrogens with zero attached hydrogens (tertiary/aromatic N) is 2. The van der Waals surface area contributed by atoms with Gasteiger partial charge in [0.25, 0.3) is 5.91 Å². The number of carbonyl (C=O) groups excluding carboxylic acids is 2. The minimum Gasteiger partial charge on any atom is -0.368 e. The minimum atomic E-state index is -4.41. The molecule has 1 fully saturated rings. The molecule has 0 saturated carbocycles. The zero-order chi connectivity index (χ0) is 20.3. The third-order valence-electron chi connectivity index (χ3n) is 4.58. The lowest BCUT2D eigenvalue weighted by Crippen LogP contribution is -2.48. The highest BCUT2D eigenvalue weighted by molar-refractivity contribution is 5.94. The molecular weight excluding hydrogens is 371 g/mol. The first-order valence-electron chi connectivity index (χ1n) is 8.83. The van der Waals surface area contributed by atoms with Crippen LogP contribution in [0.5, 0.6) is 0 Å². The molecule has 1 aliphatic heterocycles. The van der Waals surface area contributed by atoms with E-state index in [0.717, 1.165) is 17.8 Å². The van der Waals surface area contributed by atoms with Crippen molar-refractivity contribution in [3.8, 4) is 0 Å². The lowest BCUT2D eigenvalue weighted by atomic mass is 10.1. The van der Waals surface area contributed by atoms with Crippen LogP contribution < -0.4 is 10.2 Å². The van der Waals surface area contributed by atoms with Crippen molar-refractivity contribution in [1.29, 1.82) is 0 Å². The van der Waals surface area contributed by atoms with Gasteiger partial charge in [0.05, 0.1) is 5.56 Å². The average molecular weight is 391 g/mol. The Balaban J connectivity index is 1.58. The molecule has 1 saturated heterocycles. The number of amides is 2. The van der Waals surface area contributed by atoms with E-state index >= 15 is 0 Å². The largest absolute Gasteiger partial charge is 0.416 e. The molecule has 0 radical (unpaired) electrons. The molecule has 0 aliphatic carbocycles. The van der Waals surface area contributed by atoms with Gasteiger partial charge in [-0.25, -0.2) is 0 Å². The van der Waals surface area contributed by atoms with Gasteiger partial charge in [0.2, 0.25) is 5.91 Å². The van der Waals surface area contributed by atoms with Gasteiger partial charge in [-0.15, -0.1) is 0 Å². The molecule has 2 aromatic rings. The van der Waals surface area contributed by atoms with Crippen molar-refractivity contribution in [2.75, 3.05) is 36.4 Å². The van der Waals surface area contributed by atoms with Gasteiger partial charge in [0.1, 0.15) is 0 Å². The van der Waals surface area contributed by atoms with Crippen LogP contribution in [0, 0.1) is 0 Å². The van der Waals surface area contributed by atoms with Crippen molar-refractivity contribution in [3.63, 3.8) is 0 Å². The number of hydrogen-bond donors (Lipinski definition) is 1. The quantitative estimate of drug-likeness (QED) is 0.870. The molecule has 2 amide bonds. The number of anilines is 2. The normalized spacial score (nSPS) is 14.7. The summed E-state index contributed by atoms with van der Waals surface area (Å²) in [4.78, 5) is 27.4. The fraction of sp³-hybridized carbons (Fsp3) is 0.300. The van der Waals surface area contributed by atoms with Crippen LogP contribution in [0.15, 0.2) is 48.5 Å². The number of carbonyl (C=O) groups is 2. The SMILES string of the molecule is CC(=O)Nc1ccc(N2CCN(C(=O)c3ccc(C(F)(F)F)cc3)CC2)cc1. The van der Waals surface area contributed by atoms with E-state index in [2.05, 4.69) is 10.2 Å². The van der Waals surface area contributed by atoms with Gasteiger partial charge in [-0.2, -0.15) is 13.2 Å². The van der Waals surface area contributed by atoms with Gasteiger partial charge in [0, 0.05) is 50.0 Å². The van der Waals surface area contributed by atoms with Crippen LogP contribution in [0.3, 0.4) is 0 Å². The molecule has 1 heterocycles. The Morgan fingerprint density at radius 2 is 1.46 bits per heavy atom. The van der Waals surface area contributed by atoms with E-state index in [4.69, 9.17) is 0 Å². The van der Waals surface area contributed by atoms with Gasteiger partial charge in [-0.1, -0.05) is 0 Å². The summed E-state index contributed by atoms with van der Waals surface area (Å²) < 4.78 is 37.9. The number of piperazine rings is 1. The van der Waals surface area contributed by atoms with E-state index in [0.29, 0.717) is 31.9 Å². The van der Waals surface area contributed by atoms with Gasteiger partial charge >= 0.3 is 6.18 Å². The molecule has 0 aromatic heterocycles. The first-order valence-corrected chi connectivity index (χ1v) is 8.83. The van der Waals surface area contributed by atoms with Crippen molar-refractivity contribution < 1.29 is 22.8 Å². The number of hydrogen-bond acceptors (Lipinski definition) is 3. The number of halogens is 3. The summed E-state index contributed by atoms with van der Waals surface area (Å²) in [5.74, 6) is -0.405. The molecule has 0 atom stereocenters. The molecule has 8 heteroatoms. The second-order valence-electron chi connectivity index (χ2n) is 6.58. The lowest BCUT2D eigenvalue weighted by Gasteiger charge is -2.36. The zero-order valence-corrected chi connectivity index (χ0v) is 15.3. The van der Waals surface area contributed by atoms with Crippen LogP contribution in [0.2, 0.25) is 0 Å². The van der Waals surface area contributed by atoms with Crippen LogP contribution in [0.25, 0.3) is 0 Å². The number of nitrogens with one attached hydrogen (secondary N) is 1. The van der Waals surface area contributed by atoms with Gasteiger partial charge in [0.15, 0.2) is 0 Å². The van der Waals surface area contributed by atoms with Crippen molar-refractivity contribution in [1.82, 2.24) is 4.90 Å². The van der Waals surface area contributed by atoms with Crippen LogP contribution in [-0.4, -0.2) is 42.9 Å². The van der Waals surface area contributed by atoms with E-state index in [1.54, 1.807) is 4.90 Å². The predicted octanol–water partition coefficient (Wildman–Crippen LogP) is 3.63. The van der Waals surface area contributed by atoms with Gasteiger partial charge < -0.3 is 15.1 Å². The van der Waals surface area contributed by atoms with E-state index in [-0.39, 0.29) is 17.4 Å². The Hall–Kier alpha value is -3.03. The van der Waals surface area contributed by atoms with E-state index in [1.165, 1.54) is 19.1 Å². The van der Waals surface area contributed by atoms with Crippen LogP contribution in [0.1, 0.15) is 22.8 Å². The van der Waals surface area contributed by atoms with Crippen molar-refractivity contribution in [2.24, 2.45) is 0 Å². The van der Waals surface area contributed by atoms with E-state index in [1.807, 2.05) is 24.3 Å². The fourth-order valence-corrected chi connectivity index (χ4v) is 3.11. The third-order valence-corrected chi connectivity index (χ3v) is 4.58. The molecule has 2 aromatic carbocycles. The summed E-state index contributed by atoms with van der Waals surface area (Å²) in [6, 6.07) is 11.7. The summed E-state index contributed by atoms with van der Waals surface area (Å²) in [7, 11) is 0. The molecule has 0 bridgehead atoms. The molecule has 148 valence electrons. The summed E-state index contributed by atoms with van der Waals surface area (Å²) in [6.07, 6.45) is -4.41. The maximum atomic E-state index is 12.6. The van der Waals surface area contributed by atoms with E-state index < -0.39 is 11.7 Å². The molecule has 5 nitrogen and oxygen atoms in total. The van der Waals surface area contributed by atoms with E-state index in [9.17, 15) is 22.8 Å². The Labute approximate surface area is 160 Å². The average Bonchev–Trinajstić information content (AvgIpc) is 2.67. The second-order valence-corrected chi connectivity index (χ2v) is 6.58. The Kier molecular flexibility index (Phi) is 5.58. The first kappa shape index (κ1) is 19.7. The predicted molar refractivity (Wildman–Crippen MR) is 100 cm³/mol. The lowest BCUT2D eigenvalue weighted by molar-refractivity contribution is -0.137. The van der Waals surface area contributed by atoms with Crippen molar-refractivity contribution >= 4 is 23.2 Å². The molecule has 3 rings (SSSR count). The molecule has 1 N–H and O–H groups in total. The topological polar surface area (TPSA) is 52.7 Å². The Morgan fingerprint density at radius 3 is 1.96 bits per heavy atom. The highest BCUT2D eigenvalue weighted by Crippen LogP contribution is 2.29. The Morgan fingerprint density at radius 1 is 0.893 bits per heavy atom. The van der Waals surface area contributed by atoms with Crippen LogP contribution in [0.4, 0.5) is 24.5 Å². The highest BCUT2D eigenvalue weighted by Gasteiger charge is 2.30.